The van der Waals surface area contributed by atoms with Crippen molar-refractivity contribution in [2.24, 2.45) is 0 Å². The van der Waals surface area contributed by atoms with E-state index in [0.717, 1.165) is 30.0 Å². The van der Waals surface area contributed by atoms with Gasteiger partial charge in [0, 0.05) is 6.54 Å². The molecule has 0 aliphatic heterocycles. The smallest absolute Gasteiger partial charge is 0.242 e. The van der Waals surface area contributed by atoms with E-state index in [-0.39, 0.29) is 11.9 Å². The average molecular weight is 340 g/mol. The van der Waals surface area contributed by atoms with Gasteiger partial charge in [-0.05, 0) is 43.3 Å². The molecule has 1 amide bonds. The van der Waals surface area contributed by atoms with Crippen molar-refractivity contribution < 1.29 is 9.53 Å². The second-order valence-electron chi connectivity index (χ2n) is 5.83. The standard InChI is InChI=1S/C21H28N2O2/c1-4-23(5-2)20(18-12-8-7-9-13-18)21(24)22-16-17-11-10-14-19(15-17)25-6-3/h7-15,20H,4-6,16H2,1-3H3,(H,22,24). The first kappa shape index (κ1) is 19.0. The molecule has 2 aromatic rings. The molecule has 2 rings (SSSR count). The molecule has 0 saturated carbocycles. The van der Waals surface area contributed by atoms with E-state index in [0.29, 0.717) is 13.2 Å². The lowest BCUT2D eigenvalue weighted by Gasteiger charge is -2.29. The lowest BCUT2D eigenvalue weighted by Crippen LogP contribution is -2.40. The zero-order chi connectivity index (χ0) is 18.1. The maximum absolute atomic E-state index is 12.9. The number of nitrogens with zero attached hydrogens (tertiary/aromatic N) is 1. The Labute approximate surface area is 150 Å². The van der Waals surface area contributed by atoms with Crippen molar-refractivity contribution in [3.63, 3.8) is 0 Å². The lowest BCUT2D eigenvalue weighted by molar-refractivity contribution is -0.126. The quantitative estimate of drug-likeness (QED) is 0.755. The third kappa shape index (κ3) is 5.33. The first-order valence-corrected chi connectivity index (χ1v) is 8.98. The highest BCUT2D eigenvalue weighted by Gasteiger charge is 2.25. The summed E-state index contributed by atoms with van der Waals surface area (Å²) in [7, 11) is 0. The number of benzene rings is 2. The fraction of sp³-hybridized carbons (Fsp3) is 0.381. The van der Waals surface area contributed by atoms with Gasteiger partial charge in [-0.1, -0.05) is 56.3 Å². The Morgan fingerprint density at radius 3 is 2.40 bits per heavy atom. The van der Waals surface area contributed by atoms with E-state index in [1.165, 1.54) is 0 Å². The van der Waals surface area contributed by atoms with Gasteiger partial charge in [-0.15, -0.1) is 0 Å². The third-order valence-corrected chi connectivity index (χ3v) is 4.22. The predicted octanol–water partition coefficient (Wildman–Crippen LogP) is 3.78. The van der Waals surface area contributed by atoms with Crippen LogP contribution in [-0.2, 0) is 11.3 Å². The van der Waals surface area contributed by atoms with Crippen LogP contribution in [0.3, 0.4) is 0 Å². The van der Waals surface area contributed by atoms with Crippen molar-refractivity contribution in [3.8, 4) is 5.75 Å². The topological polar surface area (TPSA) is 41.6 Å². The van der Waals surface area contributed by atoms with Gasteiger partial charge in [-0.25, -0.2) is 0 Å². The minimum absolute atomic E-state index is 0.0247. The van der Waals surface area contributed by atoms with Crippen LogP contribution in [-0.4, -0.2) is 30.5 Å². The normalized spacial score (nSPS) is 12.0. The maximum atomic E-state index is 12.9. The van der Waals surface area contributed by atoms with E-state index in [1.807, 2.05) is 61.5 Å². The van der Waals surface area contributed by atoms with E-state index in [9.17, 15) is 4.79 Å². The van der Waals surface area contributed by atoms with Crippen molar-refractivity contribution in [2.75, 3.05) is 19.7 Å². The Morgan fingerprint density at radius 1 is 1.04 bits per heavy atom. The molecule has 0 saturated heterocycles. The molecule has 0 aromatic heterocycles. The van der Waals surface area contributed by atoms with Gasteiger partial charge in [-0.3, -0.25) is 9.69 Å². The molecule has 1 unspecified atom stereocenters. The van der Waals surface area contributed by atoms with Crippen LogP contribution in [0.2, 0.25) is 0 Å². The van der Waals surface area contributed by atoms with Gasteiger partial charge in [0.15, 0.2) is 0 Å². The molecule has 25 heavy (non-hydrogen) atoms. The molecular weight excluding hydrogens is 312 g/mol. The predicted molar refractivity (Wildman–Crippen MR) is 102 cm³/mol. The number of rotatable bonds is 9. The summed E-state index contributed by atoms with van der Waals surface area (Å²) >= 11 is 0. The number of hydrogen-bond acceptors (Lipinski definition) is 3. The minimum atomic E-state index is -0.272. The summed E-state index contributed by atoms with van der Waals surface area (Å²) in [6.07, 6.45) is 0. The summed E-state index contributed by atoms with van der Waals surface area (Å²) in [6.45, 7) is 8.89. The van der Waals surface area contributed by atoms with Crippen LogP contribution >= 0.6 is 0 Å². The summed E-state index contributed by atoms with van der Waals surface area (Å²) in [5.41, 5.74) is 2.05. The molecule has 0 aliphatic carbocycles. The molecule has 0 bridgehead atoms. The SMILES string of the molecule is CCOc1cccc(CNC(=O)C(c2ccccc2)N(CC)CC)c1. The van der Waals surface area contributed by atoms with Crippen molar-refractivity contribution in [2.45, 2.75) is 33.4 Å². The molecular formula is C21H28N2O2. The molecule has 0 radical (unpaired) electrons. The second kappa shape index (κ2) is 9.84. The summed E-state index contributed by atoms with van der Waals surface area (Å²) in [4.78, 5) is 15.1. The molecule has 0 spiro atoms. The zero-order valence-electron chi connectivity index (χ0n) is 15.4. The largest absolute Gasteiger partial charge is 0.494 e. The molecule has 2 aromatic carbocycles. The van der Waals surface area contributed by atoms with Crippen molar-refractivity contribution >= 4 is 5.91 Å². The highest BCUT2D eigenvalue weighted by Crippen LogP contribution is 2.21. The molecule has 0 aliphatic rings. The highest BCUT2D eigenvalue weighted by molar-refractivity contribution is 5.83. The van der Waals surface area contributed by atoms with Gasteiger partial charge in [0.2, 0.25) is 5.91 Å². The number of carbonyl (C=O) groups is 1. The van der Waals surface area contributed by atoms with Crippen LogP contribution < -0.4 is 10.1 Å². The molecule has 4 heteroatoms. The average Bonchev–Trinajstić information content (AvgIpc) is 2.65. The molecule has 1 N–H and O–H groups in total. The van der Waals surface area contributed by atoms with Gasteiger partial charge in [0.1, 0.15) is 11.8 Å². The van der Waals surface area contributed by atoms with Gasteiger partial charge in [0.05, 0.1) is 6.61 Å². The third-order valence-electron chi connectivity index (χ3n) is 4.22. The maximum Gasteiger partial charge on any atom is 0.242 e. The summed E-state index contributed by atoms with van der Waals surface area (Å²) in [5.74, 6) is 0.856. The summed E-state index contributed by atoms with van der Waals surface area (Å²) < 4.78 is 5.52. The second-order valence-corrected chi connectivity index (χ2v) is 5.83. The fourth-order valence-corrected chi connectivity index (χ4v) is 2.95. The van der Waals surface area contributed by atoms with Crippen LogP contribution in [0.1, 0.15) is 37.9 Å². The van der Waals surface area contributed by atoms with Crippen LogP contribution in [0.5, 0.6) is 5.75 Å². The molecule has 134 valence electrons. The van der Waals surface area contributed by atoms with Crippen LogP contribution in [0, 0.1) is 0 Å². The number of ether oxygens (including phenoxy) is 1. The van der Waals surface area contributed by atoms with Crippen LogP contribution in [0.25, 0.3) is 0 Å². The number of amides is 1. The van der Waals surface area contributed by atoms with Gasteiger partial charge in [-0.2, -0.15) is 0 Å². The van der Waals surface area contributed by atoms with E-state index in [2.05, 4.69) is 24.1 Å². The summed E-state index contributed by atoms with van der Waals surface area (Å²) in [5, 5.41) is 3.08. The van der Waals surface area contributed by atoms with Gasteiger partial charge >= 0.3 is 0 Å². The first-order chi connectivity index (χ1) is 12.2. The van der Waals surface area contributed by atoms with E-state index in [1.54, 1.807) is 0 Å². The minimum Gasteiger partial charge on any atom is -0.494 e. The van der Waals surface area contributed by atoms with E-state index < -0.39 is 0 Å². The zero-order valence-corrected chi connectivity index (χ0v) is 15.4. The highest BCUT2D eigenvalue weighted by atomic mass is 16.5. The molecule has 0 heterocycles. The van der Waals surface area contributed by atoms with Crippen LogP contribution in [0.4, 0.5) is 0 Å². The molecule has 4 nitrogen and oxygen atoms in total. The Hall–Kier alpha value is -2.33. The fourth-order valence-electron chi connectivity index (χ4n) is 2.95. The Balaban J connectivity index is 2.10. The van der Waals surface area contributed by atoms with Crippen molar-refractivity contribution in [1.29, 1.82) is 0 Å². The summed E-state index contributed by atoms with van der Waals surface area (Å²) in [6, 6.07) is 17.5. The Bertz CT molecular complexity index is 654. The monoisotopic (exact) mass is 340 g/mol. The number of nitrogens with one attached hydrogen (secondary N) is 1. The van der Waals surface area contributed by atoms with E-state index in [4.69, 9.17) is 4.74 Å². The van der Waals surface area contributed by atoms with Gasteiger partial charge in [0.25, 0.3) is 0 Å². The molecule has 0 fully saturated rings. The van der Waals surface area contributed by atoms with Gasteiger partial charge < -0.3 is 10.1 Å². The van der Waals surface area contributed by atoms with Crippen LogP contribution in [0.15, 0.2) is 54.6 Å². The lowest BCUT2D eigenvalue weighted by atomic mass is 10.0. The molecule has 1 atom stereocenters. The first-order valence-electron chi connectivity index (χ1n) is 8.98. The number of hydrogen-bond donors (Lipinski definition) is 1. The number of carbonyl (C=O) groups excluding carboxylic acids is 1. The van der Waals surface area contributed by atoms with Crippen molar-refractivity contribution in [1.82, 2.24) is 10.2 Å². The van der Waals surface area contributed by atoms with E-state index >= 15 is 0 Å². The van der Waals surface area contributed by atoms with Crippen molar-refractivity contribution in [3.05, 3.63) is 65.7 Å². The number of likely N-dealkylation sites (N-methyl/N-ethyl adjacent to an activating group) is 1. The Kier molecular flexibility index (Phi) is 7.48. The Morgan fingerprint density at radius 2 is 1.76 bits per heavy atom.